The Morgan fingerprint density at radius 3 is 2.69 bits per heavy atom. The van der Waals surface area contributed by atoms with E-state index in [2.05, 4.69) is 23.3 Å². The van der Waals surface area contributed by atoms with Crippen molar-refractivity contribution in [2.24, 2.45) is 0 Å². The molecule has 1 aliphatic rings. The number of carbonyl (C=O) groups is 2. The number of hydrogen-bond donors (Lipinski definition) is 2. The van der Waals surface area contributed by atoms with E-state index in [1.54, 1.807) is 62.6 Å². The van der Waals surface area contributed by atoms with Crippen LogP contribution in [0, 0.1) is 11.3 Å². The fourth-order valence-corrected chi connectivity index (χ4v) is 4.55. The Morgan fingerprint density at radius 2 is 2.03 bits per heavy atom. The molecule has 35 heavy (non-hydrogen) atoms. The second-order valence-electron chi connectivity index (χ2n) is 7.46. The van der Waals surface area contributed by atoms with Gasteiger partial charge in [-0.1, -0.05) is 54.2 Å². The van der Waals surface area contributed by atoms with E-state index in [9.17, 15) is 14.9 Å². The summed E-state index contributed by atoms with van der Waals surface area (Å²) in [6, 6.07) is 16.2. The molecule has 2 aromatic carbocycles. The summed E-state index contributed by atoms with van der Waals surface area (Å²) in [5, 5.41) is 17.0. The Kier molecular flexibility index (Phi) is 9.01. The molecule has 0 spiro atoms. The van der Waals surface area contributed by atoms with Crippen molar-refractivity contribution < 1.29 is 19.1 Å². The van der Waals surface area contributed by atoms with E-state index < -0.39 is 11.9 Å². The Hall–Kier alpha value is -3.67. The Labute approximate surface area is 213 Å². The number of anilines is 1. The number of nitriles is 1. The van der Waals surface area contributed by atoms with Crippen LogP contribution in [0.1, 0.15) is 18.4 Å². The van der Waals surface area contributed by atoms with Crippen molar-refractivity contribution in [3.63, 3.8) is 0 Å². The maximum Gasteiger partial charge on any atom is 0.337 e. The molecule has 180 valence electrons. The molecule has 1 amide bonds. The maximum absolute atomic E-state index is 12.9. The van der Waals surface area contributed by atoms with Gasteiger partial charge in [0.1, 0.15) is 12.4 Å². The number of nitrogens with one attached hydrogen (secondary N) is 2. The van der Waals surface area contributed by atoms with Gasteiger partial charge in [0.05, 0.1) is 41.0 Å². The zero-order chi connectivity index (χ0) is 25.4. The van der Waals surface area contributed by atoms with Gasteiger partial charge in [-0.3, -0.25) is 4.79 Å². The quantitative estimate of drug-likeness (QED) is 0.356. The van der Waals surface area contributed by atoms with Gasteiger partial charge in [0.2, 0.25) is 5.91 Å². The first-order chi connectivity index (χ1) is 16.9. The average molecular weight is 510 g/mol. The van der Waals surface area contributed by atoms with E-state index in [1.807, 2.05) is 0 Å². The predicted molar refractivity (Wildman–Crippen MR) is 138 cm³/mol. The molecule has 0 aromatic heterocycles. The summed E-state index contributed by atoms with van der Waals surface area (Å²) in [6.07, 6.45) is 1.48. The third-order valence-corrected chi connectivity index (χ3v) is 6.37. The lowest BCUT2D eigenvalue weighted by molar-refractivity contribution is -0.138. The first-order valence-corrected chi connectivity index (χ1v) is 12.0. The Morgan fingerprint density at radius 1 is 1.29 bits per heavy atom. The minimum Gasteiger partial charge on any atom is -0.497 e. The number of dihydropyridines is 1. The van der Waals surface area contributed by atoms with Crippen LogP contribution in [0.5, 0.6) is 5.75 Å². The number of ether oxygens (including phenoxy) is 2. The SMILES string of the molecule is C=CCOC(=O)C1=C(C)NC(SCC(=O)Nc2cccc(OC)c2)=C(C#N)[C@@H]1c1ccc(Cl)cc1. The summed E-state index contributed by atoms with van der Waals surface area (Å²) >= 11 is 7.23. The van der Waals surface area contributed by atoms with E-state index in [0.29, 0.717) is 43.9 Å². The van der Waals surface area contributed by atoms with Crippen LogP contribution in [-0.2, 0) is 14.3 Å². The van der Waals surface area contributed by atoms with Crippen molar-refractivity contribution in [3.05, 3.63) is 93.6 Å². The standard InChI is InChI=1S/C26H24ClN3O4S/c1-4-12-34-26(32)23-16(2)29-25(21(14-28)24(23)17-8-10-18(27)11-9-17)35-15-22(31)30-19-6-5-7-20(13-19)33-3/h4-11,13,24,29H,1,12,15H2,2-3H3,(H,30,31)/t24-/m0/s1. The zero-order valence-electron chi connectivity index (χ0n) is 19.3. The molecule has 1 atom stereocenters. The fourth-order valence-electron chi connectivity index (χ4n) is 3.53. The molecule has 0 fully saturated rings. The first-order valence-electron chi connectivity index (χ1n) is 10.6. The van der Waals surface area contributed by atoms with Crippen molar-refractivity contribution in [3.8, 4) is 11.8 Å². The van der Waals surface area contributed by atoms with Crippen LogP contribution in [0.2, 0.25) is 5.02 Å². The molecule has 1 aliphatic heterocycles. The largest absolute Gasteiger partial charge is 0.497 e. The van der Waals surface area contributed by atoms with E-state index in [-0.39, 0.29) is 18.3 Å². The number of esters is 1. The number of methoxy groups -OCH3 is 1. The Bertz CT molecular complexity index is 1230. The summed E-state index contributed by atoms with van der Waals surface area (Å²) in [5.41, 5.74) is 2.46. The molecule has 0 saturated heterocycles. The van der Waals surface area contributed by atoms with Crippen LogP contribution < -0.4 is 15.4 Å². The van der Waals surface area contributed by atoms with Gasteiger partial charge in [0.15, 0.2) is 0 Å². The second kappa shape index (κ2) is 12.2. The number of thioether (sulfide) groups is 1. The molecule has 0 radical (unpaired) electrons. The van der Waals surface area contributed by atoms with Gasteiger partial charge < -0.3 is 20.1 Å². The highest BCUT2D eigenvalue weighted by molar-refractivity contribution is 8.03. The third kappa shape index (κ3) is 6.47. The molecule has 0 aliphatic carbocycles. The predicted octanol–water partition coefficient (Wildman–Crippen LogP) is 5.15. The van der Waals surface area contributed by atoms with Crippen LogP contribution in [0.3, 0.4) is 0 Å². The van der Waals surface area contributed by atoms with Crippen molar-refractivity contribution in [1.82, 2.24) is 5.32 Å². The van der Waals surface area contributed by atoms with Crippen LogP contribution in [0.25, 0.3) is 0 Å². The molecular weight excluding hydrogens is 486 g/mol. The number of nitrogens with zero attached hydrogens (tertiary/aromatic N) is 1. The molecule has 9 heteroatoms. The molecule has 7 nitrogen and oxygen atoms in total. The van der Waals surface area contributed by atoms with E-state index in [1.165, 1.54) is 17.8 Å². The Balaban J connectivity index is 1.88. The normalized spacial score (nSPS) is 15.1. The first kappa shape index (κ1) is 25.9. The van der Waals surface area contributed by atoms with E-state index in [0.717, 1.165) is 0 Å². The van der Waals surface area contributed by atoms with Gasteiger partial charge in [-0.15, -0.1) is 0 Å². The van der Waals surface area contributed by atoms with Gasteiger partial charge in [-0.25, -0.2) is 4.79 Å². The van der Waals surface area contributed by atoms with Crippen LogP contribution in [0.15, 0.2) is 83.1 Å². The molecule has 2 N–H and O–H groups in total. The van der Waals surface area contributed by atoms with Crippen molar-refractivity contribution in [2.45, 2.75) is 12.8 Å². The summed E-state index contributed by atoms with van der Waals surface area (Å²) in [5.74, 6) is -0.819. The van der Waals surface area contributed by atoms with Gasteiger partial charge >= 0.3 is 5.97 Å². The lowest BCUT2D eigenvalue weighted by Gasteiger charge is -2.29. The number of benzene rings is 2. The molecule has 1 heterocycles. The van der Waals surface area contributed by atoms with Crippen LogP contribution >= 0.6 is 23.4 Å². The van der Waals surface area contributed by atoms with Gasteiger partial charge in [-0.05, 0) is 36.8 Å². The lowest BCUT2D eigenvalue weighted by Crippen LogP contribution is -2.29. The topological polar surface area (TPSA) is 100 Å². The zero-order valence-corrected chi connectivity index (χ0v) is 20.8. The molecule has 0 saturated carbocycles. The second-order valence-corrected chi connectivity index (χ2v) is 8.88. The molecule has 0 unspecified atom stereocenters. The number of hydrogen-bond acceptors (Lipinski definition) is 7. The molecule has 0 bridgehead atoms. The highest BCUT2D eigenvalue weighted by Gasteiger charge is 2.35. The van der Waals surface area contributed by atoms with Gasteiger partial charge in [-0.2, -0.15) is 5.26 Å². The summed E-state index contributed by atoms with van der Waals surface area (Å²) in [4.78, 5) is 25.5. The third-order valence-electron chi connectivity index (χ3n) is 5.10. The van der Waals surface area contributed by atoms with E-state index in [4.69, 9.17) is 21.1 Å². The molecule has 2 aromatic rings. The molecular formula is C26H24ClN3O4S. The van der Waals surface area contributed by atoms with Gasteiger partial charge in [0, 0.05) is 22.5 Å². The lowest BCUT2D eigenvalue weighted by atomic mass is 9.82. The summed E-state index contributed by atoms with van der Waals surface area (Å²) in [6.45, 7) is 5.35. The highest BCUT2D eigenvalue weighted by Crippen LogP contribution is 2.41. The van der Waals surface area contributed by atoms with Crippen molar-refractivity contribution in [1.29, 1.82) is 5.26 Å². The number of halogens is 1. The monoisotopic (exact) mass is 509 g/mol. The van der Waals surface area contributed by atoms with Crippen molar-refractivity contribution in [2.75, 3.05) is 24.8 Å². The summed E-state index contributed by atoms with van der Waals surface area (Å²) in [7, 11) is 1.55. The number of allylic oxidation sites excluding steroid dienone is 2. The van der Waals surface area contributed by atoms with E-state index >= 15 is 0 Å². The minimum absolute atomic E-state index is 0.0423. The smallest absolute Gasteiger partial charge is 0.337 e. The van der Waals surface area contributed by atoms with Crippen LogP contribution in [0.4, 0.5) is 5.69 Å². The molecule has 3 rings (SSSR count). The number of amides is 1. The maximum atomic E-state index is 12.9. The average Bonchev–Trinajstić information content (AvgIpc) is 2.86. The minimum atomic E-state index is -0.681. The summed E-state index contributed by atoms with van der Waals surface area (Å²) < 4.78 is 10.5. The highest BCUT2D eigenvalue weighted by atomic mass is 35.5. The fraction of sp³-hybridized carbons (Fsp3) is 0.192. The van der Waals surface area contributed by atoms with Gasteiger partial charge in [0.25, 0.3) is 0 Å². The number of carbonyl (C=O) groups excluding carboxylic acids is 2. The number of rotatable bonds is 9. The van der Waals surface area contributed by atoms with Crippen LogP contribution in [-0.4, -0.2) is 31.3 Å². The van der Waals surface area contributed by atoms with Crippen molar-refractivity contribution >= 4 is 40.9 Å².